The van der Waals surface area contributed by atoms with Crippen molar-refractivity contribution in [1.82, 2.24) is 14.8 Å². The highest BCUT2D eigenvalue weighted by molar-refractivity contribution is 7.99. The Bertz CT molecular complexity index is 657. The van der Waals surface area contributed by atoms with Crippen LogP contribution in [0.15, 0.2) is 29.4 Å². The minimum Gasteiger partial charge on any atom is -0.481 e. The molecule has 0 saturated carbocycles. The molecule has 0 unspecified atom stereocenters. The standard InChI is InChI=1S/C15H19N3O3S/c1-4-21-11(3)14-16-17-15(22-9-13(19)20)18(14)12-8-6-5-7-10(12)2/h5-8,11H,4,9H2,1-3H3,(H,19,20)/t11-/m0/s1. The Hall–Kier alpha value is -1.86. The number of hydrogen-bond acceptors (Lipinski definition) is 5. The number of carbonyl (C=O) groups is 1. The summed E-state index contributed by atoms with van der Waals surface area (Å²) in [6.45, 7) is 6.40. The second-order valence-corrected chi connectivity index (χ2v) is 5.69. The van der Waals surface area contributed by atoms with Gasteiger partial charge in [0.15, 0.2) is 11.0 Å². The van der Waals surface area contributed by atoms with Gasteiger partial charge in [-0.25, -0.2) is 0 Å². The summed E-state index contributed by atoms with van der Waals surface area (Å²) in [6, 6.07) is 7.85. The predicted octanol–water partition coefficient (Wildman–Crippen LogP) is 2.85. The number of rotatable bonds is 7. The van der Waals surface area contributed by atoms with Crippen LogP contribution in [0.3, 0.4) is 0 Å². The van der Waals surface area contributed by atoms with Crippen LogP contribution in [0.25, 0.3) is 5.69 Å². The van der Waals surface area contributed by atoms with Crippen molar-refractivity contribution >= 4 is 17.7 Å². The molecule has 0 spiro atoms. The highest BCUT2D eigenvalue weighted by Gasteiger charge is 2.21. The molecule has 6 nitrogen and oxygen atoms in total. The van der Waals surface area contributed by atoms with Crippen molar-refractivity contribution in [2.75, 3.05) is 12.4 Å². The molecule has 0 bridgehead atoms. The van der Waals surface area contributed by atoms with Gasteiger partial charge < -0.3 is 9.84 Å². The molecule has 118 valence electrons. The number of carboxylic acid groups (broad SMARTS) is 1. The van der Waals surface area contributed by atoms with E-state index in [1.807, 2.05) is 49.6 Å². The monoisotopic (exact) mass is 321 g/mol. The van der Waals surface area contributed by atoms with Gasteiger partial charge in [0, 0.05) is 6.61 Å². The molecule has 2 aromatic rings. The summed E-state index contributed by atoms with van der Waals surface area (Å²) in [6.07, 6.45) is -0.226. The van der Waals surface area contributed by atoms with E-state index in [9.17, 15) is 4.79 Å². The minimum absolute atomic E-state index is 0.0625. The SMILES string of the molecule is CCO[C@@H](C)c1nnc(SCC(=O)O)n1-c1ccccc1C. The lowest BCUT2D eigenvalue weighted by atomic mass is 10.2. The molecule has 1 heterocycles. The Morgan fingerprint density at radius 1 is 1.41 bits per heavy atom. The van der Waals surface area contributed by atoms with Gasteiger partial charge in [-0.2, -0.15) is 0 Å². The molecule has 7 heteroatoms. The van der Waals surface area contributed by atoms with Gasteiger partial charge in [0.2, 0.25) is 0 Å². The van der Waals surface area contributed by atoms with Crippen LogP contribution < -0.4 is 0 Å². The number of para-hydroxylation sites is 1. The topological polar surface area (TPSA) is 77.2 Å². The van der Waals surface area contributed by atoms with Crippen LogP contribution >= 0.6 is 11.8 Å². The Balaban J connectivity index is 2.48. The van der Waals surface area contributed by atoms with Gasteiger partial charge in [-0.05, 0) is 32.4 Å². The molecular formula is C15H19N3O3S. The summed E-state index contributed by atoms with van der Waals surface area (Å²) in [5.41, 5.74) is 1.99. The first-order valence-electron chi connectivity index (χ1n) is 7.02. The molecule has 0 aliphatic rings. The van der Waals surface area contributed by atoms with E-state index in [-0.39, 0.29) is 11.9 Å². The van der Waals surface area contributed by atoms with Crippen LogP contribution in [-0.4, -0.2) is 38.2 Å². The van der Waals surface area contributed by atoms with Gasteiger partial charge in [-0.1, -0.05) is 30.0 Å². The molecule has 2 rings (SSSR count). The van der Waals surface area contributed by atoms with Crippen molar-refractivity contribution in [3.05, 3.63) is 35.7 Å². The van der Waals surface area contributed by atoms with Gasteiger partial charge in [-0.15, -0.1) is 10.2 Å². The summed E-state index contributed by atoms with van der Waals surface area (Å²) in [5, 5.41) is 17.8. The number of thioether (sulfide) groups is 1. The molecule has 0 amide bonds. The largest absolute Gasteiger partial charge is 0.481 e. The number of carboxylic acids is 1. The number of aromatic nitrogens is 3. The van der Waals surface area contributed by atoms with Crippen molar-refractivity contribution in [2.24, 2.45) is 0 Å². The maximum atomic E-state index is 10.8. The highest BCUT2D eigenvalue weighted by atomic mass is 32.2. The fraction of sp³-hybridized carbons (Fsp3) is 0.400. The van der Waals surface area contributed by atoms with Gasteiger partial charge in [0.1, 0.15) is 6.10 Å². The van der Waals surface area contributed by atoms with Gasteiger partial charge in [0.25, 0.3) is 0 Å². The molecule has 0 saturated heterocycles. The zero-order valence-electron chi connectivity index (χ0n) is 12.8. The van der Waals surface area contributed by atoms with E-state index < -0.39 is 5.97 Å². The Morgan fingerprint density at radius 3 is 2.77 bits per heavy atom. The number of benzene rings is 1. The summed E-state index contributed by atoms with van der Waals surface area (Å²) in [7, 11) is 0. The maximum absolute atomic E-state index is 10.8. The quantitative estimate of drug-likeness (QED) is 0.790. The lowest BCUT2D eigenvalue weighted by Gasteiger charge is -2.16. The van der Waals surface area contributed by atoms with E-state index in [1.165, 1.54) is 0 Å². The van der Waals surface area contributed by atoms with Crippen LogP contribution in [0, 0.1) is 6.92 Å². The third-order valence-corrected chi connectivity index (χ3v) is 4.03. The first kappa shape index (κ1) is 16.5. The zero-order valence-corrected chi connectivity index (χ0v) is 13.6. The van der Waals surface area contributed by atoms with Crippen LogP contribution in [0.5, 0.6) is 0 Å². The van der Waals surface area contributed by atoms with Crippen molar-refractivity contribution < 1.29 is 14.6 Å². The van der Waals surface area contributed by atoms with Crippen molar-refractivity contribution in [1.29, 1.82) is 0 Å². The van der Waals surface area contributed by atoms with Crippen LogP contribution in [-0.2, 0) is 9.53 Å². The average Bonchev–Trinajstić information content (AvgIpc) is 2.89. The van der Waals surface area contributed by atoms with Crippen molar-refractivity contribution in [3.8, 4) is 5.69 Å². The van der Waals surface area contributed by atoms with Crippen LogP contribution in [0.2, 0.25) is 0 Å². The second-order valence-electron chi connectivity index (χ2n) is 4.74. The third-order valence-electron chi connectivity index (χ3n) is 3.12. The molecule has 1 atom stereocenters. The van der Waals surface area contributed by atoms with Gasteiger partial charge >= 0.3 is 5.97 Å². The number of nitrogens with zero attached hydrogens (tertiary/aromatic N) is 3. The summed E-state index contributed by atoms with van der Waals surface area (Å²) >= 11 is 1.15. The molecule has 1 aromatic heterocycles. The molecular weight excluding hydrogens is 302 g/mol. The lowest BCUT2D eigenvalue weighted by molar-refractivity contribution is -0.133. The highest BCUT2D eigenvalue weighted by Crippen LogP contribution is 2.27. The number of aliphatic carboxylic acids is 1. The first-order valence-corrected chi connectivity index (χ1v) is 8.00. The van der Waals surface area contributed by atoms with E-state index >= 15 is 0 Å². The molecule has 1 aromatic carbocycles. The molecule has 0 fully saturated rings. The van der Waals surface area contributed by atoms with E-state index in [4.69, 9.17) is 9.84 Å². The average molecular weight is 321 g/mol. The first-order chi connectivity index (χ1) is 10.5. The van der Waals surface area contributed by atoms with E-state index in [0.29, 0.717) is 17.6 Å². The fourth-order valence-corrected chi connectivity index (χ4v) is 2.80. The lowest BCUT2D eigenvalue weighted by Crippen LogP contribution is -2.10. The van der Waals surface area contributed by atoms with Crippen molar-refractivity contribution in [2.45, 2.75) is 32.0 Å². The third kappa shape index (κ3) is 3.66. The molecule has 0 radical (unpaired) electrons. The van der Waals surface area contributed by atoms with Crippen LogP contribution in [0.4, 0.5) is 0 Å². The molecule has 0 aliphatic carbocycles. The molecule has 22 heavy (non-hydrogen) atoms. The summed E-state index contributed by atoms with van der Waals surface area (Å²) in [5.74, 6) is -0.277. The fourth-order valence-electron chi connectivity index (χ4n) is 2.13. The summed E-state index contributed by atoms with van der Waals surface area (Å²) < 4.78 is 7.50. The normalized spacial score (nSPS) is 12.3. The summed E-state index contributed by atoms with van der Waals surface area (Å²) in [4.78, 5) is 10.8. The Morgan fingerprint density at radius 2 is 2.14 bits per heavy atom. The van der Waals surface area contributed by atoms with Crippen molar-refractivity contribution in [3.63, 3.8) is 0 Å². The Labute approximate surface area is 133 Å². The van der Waals surface area contributed by atoms with E-state index in [2.05, 4.69) is 10.2 Å². The zero-order chi connectivity index (χ0) is 16.1. The minimum atomic E-state index is -0.885. The number of ether oxygens (including phenoxy) is 1. The molecule has 0 aliphatic heterocycles. The number of aryl methyl sites for hydroxylation is 1. The van der Waals surface area contributed by atoms with E-state index in [1.54, 1.807) is 0 Å². The van der Waals surface area contributed by atoms with Crippen LogP contribution in [0.1, 0.15) is 31.3 Å². The van der Waals surface area contributed by atoms with E-state index in [0.717, 1.165) is 23.0 Å². The smallest absolute Gasteiger partial charge is 0.313 e. The number of hydrogen-bond donors (Lipinski definition) is 1. The predicted molar refractivity (Wildman–Crippen MR) is 84.5 cm³/mol. The van der Waals surface area contributed by atoms with Gasteiger partial charge in [-0.3, -0.25) is 9.36 Å². The Kier molecular flexibility index (Phi) is 5.57. The molecule has 1 N–H and O–H groups in total. The second kappa shape index (κ2) is 7.42. The maximum Gasteiger partial charge on any atom is 0.313 e. The van der Waals surface area contributed by atoms with Gasteiger partial charge in [0.05, 0.1) is 11.4 Å².